The van der Waals surface area contributed by atoms with Crippen LogP contribution < -0.4 is 15.4 Å². The molecule has 2 amide bonds. The number of pyridine rings is 2. The number of aryl methyl sites for hydroxylation is 1. The van der Waals surface area contributed by atoms with Gasteiger partial charge in [0.15, 0.2) is 6.61 Å². The van der Waals surface area contributed by atoms with Crippen molar-refractivity contribution in [1.82, 2.24) is 15.3 Å². The zero-order valence-corrected chi connectivity index (χ0v) is 17.8. The lowest BCUT2D eigenvalue weighted by atomic mass is 10.1. The number of halogens is 3. The number of nitrogens with one attached hydrogen (secondary N) is 2. The number of carbonyl (C=O) groups excluding carboxylic acids is 2. The molecular weight excluding hydrogens is 418 g/mol. The van der Waals surface area contributed by atoms with Crippen molar-refractivity contribution >= 4 is 29.2 Å². The first kappa shape index (κ1) is 23.5. The van der Waals surface area contributed by atoms with E-state index >= 15 is 0 Å². The molecule has 0 aliphatic carbocycles. The van der Waals surface area contributed by atoms with Crippen LogP contribution in [-0.4, -0.2) is 34.8 Å². The molecule has 0 saturated carbocycles. The number of rotatable bonds is 8. The highest BCUT2D eigenvalue weighted by Crippen LogP contribution is 2.26. The number of nitrogens with zero attached hydrogens (tertiary/aromatic N) is 2. The zero-order chi connectivity index (χ0) is 22.4. The topological polar surface area (TPSA) is 93.2 Å². The van der Waals surface area contributed by atoms with Crippen molar-refractivity contribution in [2.24, 2.45) is 5.92 Å². The number of amides is 2. The van der Waals surface area contributed by atoms with Gasteiger partial charge in [-0.2, -0.15) is 0 Å². The molecule has 7 nitrogen and oxygen atoms in total. The van der Waals surface area contributed by atoms with Crippen LogP contribution in [0.1, 0.15) is 48.4 Å². The molecule has 30 heavy (non-hydrogen) atoms. The second-order valence-electron chi connectivity index (χ2n) is 6.98. The lowest BCUT2D eigenvalue weighted by Crippen LogP contribution is -2.27. The molecule has 0 radical (unpaired) electrons. The smallest absolute Gasteiger partial charge is 0.272 e. The van der Waals surface area contributed by atoms with Crippen molar-refractivity contribution in [2.45, 2.75) is 40.2 Å². The van der Waals surface area contributed by atoms with Gasteiger partial charge in [0.25, 0.3) is 12.3 Å². The van der Waals surface area contributed by atoms with Crippen LogP contribution >= 0.6 is 11.6 Å². The average Bonchev–Trinajstić information content (AvgIpc) is 2.66. The fourth-order valence-electron chi connectivity index (χ4n) is 2.42. The Hall–Kier alpha value is -2.81. The molecule has 1 atom stereocenters. The third-order valence-electron chi connectivity index (χ3n) is 4.01. The molecule has 2 rings (SSSR count). The molecule has 0 bridgehead atoms. The number of hydrogen-bond donors (Lipinski definition) is 2. The van der Waals surface area contributed by atoms with Crippen LogP contribution in [-0.2, 0) is 4.79 Å². The van der Waals surface area contributed by atoms with E-state index in [0.717, 1.165) is 0 Å². The third-order valence-corrected chi connectivity index (χ3v) is 4.28. The van der Waals surface area contributed by atoms with E-state index in [1.807, 2.05) is 0 Å². The number of aromatic nitrogens is 2. The van der Waals surface area contributed by atoms with Gasteiger partial charge in [0.2, 0.25) is 11.8 Å². The molecule has 0 aliphatic heterocycles. The molecule has 0 aliphatic rings. The van der Waals surface area contributed by atoms with E-state index in [1.165, 1.54) is 18.3 Å². The first-order chi connectivity index (χ1) is 14.1. The van der Waals surface area contributed by atoms with Gasteiger partial charge in [-0.25, -0.2) is 18.7 Å². The minimum absolute atomic E-state index is 0.0627. The predicted octanol–water partition coefficient (Wildman–Crippen LogP) is 4.17. The first-order valence-corrected chi connectivity index (χ1v) is 9.61. The van der Waals surface area contributed by atoms with E-state index in [2.05, 4.69) is 20.6 Å². The van der Waals surface area contributed by atoms with Gasteiger partial charge >= 0.3 is 0 Å². The Balaban J connectivity index is 2.11. The van der Waals surface area contributed by atoms with E-state index in [9.17, 15) is 18.4 Å². The highest BCUT2D eigenvalue weighted by atomic mass is 35.5. The van der Waals surface area contributed by atoms with Crippen LogP contribution in [0, 0.1) is 12.8 Å². The maximum Gasteiger partial charge on any atom is 0.272 e. The highest BCUT2D eigenvalue weighted by Gasteiger charge is 2.17. The summed E-state index contributed by atoms with van der Waals surface area (Å²) < 4.78 is 29.4. The van der Waals surface area contributed by atoms with Crippen molar-refractivity contribution in [1.29, 1.82) is 0 Å². The van der Waals surface area contributed by atoms with Crippen molar-refractivity contribution in [3.05, 3.63) is 46.2 Å². The van der Waals surface area contributed by atoms with Gasteiger partial charge < -0.3 is 15.4 Å². The summed E-state index contributed by atoms with van der Waals surface area (Å²) in [6.45, 7) is 6.13. The third kappa shape index (κ3) is 6.62. The minimum atomic E-state index is -2.64. The first-order valence-electron chi connectivity index (χ1n) is 9.23. The van der Waals surface area contributed by atoms with E-state index in [1.54, 1.807) is 33.8 Å². The number of hydrogen-bond acceptors (Lipinski definition) is 5. The quantitative estimate of drug-likeness (QED) is 0.642. The lowest BCUT2D eigenvalue weighted by Gasteiger charge is -2.16. The Labute approximate surface area is 178 Å². The number of ether oxygens (including phenoxy) is 1. The van der Waals surface area contributed by atoms with E-state index in [0.29, 0.717) is 16.8 Å². The number of anilines is 1. The second kappa shape index (κ2) is 10.3. The summed E-state index contributed by atoms with van der Waals surface area (Å²) in [6, 6.07) is 4.10. The average molecular weight is 441 g/mol. The van der Waals surface area contributed by atoms with Crippen LogP contribution in [0.4, 0.5) is 14.6 Å². The van der Waals surface area contributed by atoms with Gasteiger partial charge in [-0.05, 0) is 37.6 Å². The van der Waals surface area contributed by atoms with Crippen LogP contribution in [0.3, 0.4) is 0 Å². The second-order valence-corrected chi connectivity index (χ2v) is 7.39. The lowest BCUT2D eigenvalue weighted by molar-refractivity contribution is -0.118. The highest BCUT2D eigenvalue weighted by molar-refractivity contribution is 6.31. The Bertz CT molecular complexity index is 925. The molecule has 1 unspecified atom stereocenters. The van der Waals surface area contributed by atoms with Crippen molar-refractivity contribution in [3.63, 3.8) is 0 Å². The van der Waals surface area contributed by atoms with Gasteiger partial charge in [0.1, 0.15) is 10.8 Å². The molecular formula is C20H23ClF2N4O3. The monoisotopic (exact) mass is 440 g/mol. The van der Waals surface area contributed by atoms with Crippen molar-refractivity contribution in [3.8, 4) is 5.88 Å². The fraction of sp³-hybridized carbons (Fsp3) is 0.400. The maximum atomic E-state index is 12.7. The normalized spacial score (nSPS) is 12.0. The van der Waals surface area contributed by atoms with E-state index in [4.69, 9.17) is 16.3 Å². The summed E-state index contributed by atoms with van der Waals surface area (Å²) in [5, 5.41) is 5.53. The Kier molecular flexibility index (Phi) is 8.05. The van der Waals surface area contributed by atoms with Crippen LogP contribution in [0.15, 0.2) is 24.4 Å². The van der Waals surface area contributed by atoms with Crippen LogP contribution in [0.5, 0.6) is 5.88 Å². The molecule has 2 N–H and O–H groups in total. The molecule has 162 valence electrons. The Morgan fingerprint density at radius 3 is 2.50 bits per heavy atom. The zero-order valence-electron chi connectivity index (χ0n) is 17.0. The molecule has 2 heterocycles. The molecule has 2 aromatic heterocycles. The van der Waals surface area contributed by atoms with Crippen molar-refractivity contribution < 1.29 is 23.1 Å². The number of carbonyl (C=O) groups is 2. The molecule has 0 saturated heterocycles. The van der Waals surface area contributed by atoms with Crippen LogP contribution in [0.25, 0.3) is 0 Å². The summed E-state index contributed by atoms with van der Waals surface area (Å²) in [7, 11) is 0. The molecule has 0 fully saturated rings. The Morgan fingerprint density at radius 1 is 1.20 bits per heavy atom. The Morgan fingerprint density at radius 2 is 1.90 bits per heavy atom. The number of alkyl halides is 2. The summed E-state index contributed by atoms with van der Waals surface area (Å²) >= 11 is 6.03. The van der Waals surface area contributed by atoms with E-state index < -0.39 is 19.1 Å². The summed E-state index contributed by atoms with van der Waals surface area (Å²) in [5.74, 6) is -0.634. The van der Waals surface area contributed by atoms with Crippen LogP contribution in [0.2, 0.25) is 5.02 Å². The van der Waals surface area contributed by atoms with Gasteiger partial charge in [0, 0.05) is 23.4 Å². The SMILES string of the molecule is Cc1cc(C(=O)NC(C)c2cnc(OCC(F)F)c(Cl)c2)cc(NC(=O)C(C)C)n1. The maximum absolute atomic E-state index is 12.7. The summed E-state index contributed by atoms with van der Waals surface area (Å²) in [5.41, 5.74) is 1.46. The predicted molar refractivity (Wildman–Crippen MR) is 109 cm³/mol. The van der Waals surface area contributed by atoms with Gasteiger partial charge in [-0.15, -0.1) is 0 Å². The summed E-state index contributed by atoms with van der Waals surface area (Å²) in [6.07, 6.45) is -1.25. The van der Waals surface area contributed by atoms with Crippen molar-refractivity contribution in [2.75, 3.05) is 11.9 Å². The summed E-state index contributed by atoms with van der Waals surface area (Å²) in [4.78, 5) is 32.7. The van der Waals surface area contributed by atoms with Gasteiger partial charge in [-0.1, -0.05) is 25.4 Å². The minimum Gasteiger partial charge on any atom is -0.471 e. The standard InChI is InChI=1S/C20H23ClF2N4O3/c1-10(2)18(28)27-17-7-13(5-11(3)25-17)19(29)26-12(4)14-6-15(21)20(24-8-14)30-9-16(22)23/h5-8,10,12,16H,9H2,1-4H3,(H,26,29)(H,25,27,28). The van der Waals surface area contributed by atoms with Gasteiger partial charge in [0.05, 0.1) is 6.04 Å². The van der Waals surface area contributed by atoms with E-state index in [-0.39, 0.29) is 34.5 Å². The molecule has 10 heteroatoms. The molecule has 2 aromatic rings. The molecule has 0 spiro atoms. The van der Waals surface area contributed by atoms with Gasteiger partial charge in [-0.3, -0.25) is 9.59 Å². The largest absolute Gasteiger partial charge is 0.471 e. The fourth-order valence-corrected chi connectivity index (χ4v) is 2.65. The molecule has 0 aromatic carbocycles.